The monoisotopic (exact) mass is 362 g/mol. The van der Waals surface area contributed by atoms with Gasteiger partial charge >= 0.3 is 0 Å². The van der Waals surface area contributed by atoms with Gasteiger partial charge in [0.05, 0.1) is 19.9 Å². The second kappa shape index (κ2) is 7.72. The summed E-state index contributed by atoms with van der Waals surface area (Å²) in [5.41, 5.74) is 4.40. The zero-order chi connectivity index (χ0) is 18.6. The van der Waals surface area contributed by atoms with Gasteiger partial charge in [-0.15, -0.1) is 0 Å². The van der Waals surface area contributed by atoms with Crippen LogP contribution in [-0.2, 0) is 19.5 Å². The van der Waals surface area contributed by atoms with Gasteiger partial charge in [-0.05, 0) is 18.1 Å². The van der Waals surface area contributed by atoms with Gasteiger partial charge in [-0.25, -0.2) is 9.97 Å². The Bertz CT molecular complexity index is 931. The maximum absolute atomic E-state index is 5.43. The summed E-state index contributed by atoms with van der Waals surface area (Å²) in [5.74, 6) is 1.94. The minimum Gasteiger partial charge on any atom is -0.481 e. The van der Waals surface area contributed by atoms with Gasteiger partial charge in [0.25, 0.3) is 0 Å². The van der Waals surface area contributed by atoms with E-state index in [0.29, 0.717) is 11.8 Å². The highest BCUT2D eigenvalue weighted by Crippen LogP contribution is 2.25. The molecular weight excluding hydrogens is 340 g/mol. The molecule has 0 unspecified atom stereocenters. The van der Waals surface area contributed by atoms with Crippen molar-refractivity contribution < 1.29 is 9.47 Å². The van der Waals surface area contributed by atoms with E-state index in [9.17, 15) is 0 Å². The van der Waals surface area contributed by atoms with E-state index in [1.54, 1.807) is 14.2 Å². The molecule has 0 fully saturated rings. The minimum absolute atomic E-state index is 0.555. The molecule has 0 aliphatic carbocycles. The van der Waals surface area contributed by atoms with Crippen molar-refractivity contribution in [2.24, 2.45) is 0 Å². The first-order valence-corrected chi connectivity index (χ1v) is 8.97. The summed E-state index contributed by atoms with van der Waals surface area (Å²) >= 11 is 0. The van der Waals surface area contributed by atoms with Crippen LogP contribution in [0.15, 0.2) is 48.7 Å². The zero-order valence-electron chi connectivity index (χ0n) is 15.6. The fourth-order valence-corrected chi connectivity index (χ4v) is 3.32. The van der Waals surface area contributed by atoms with Crippen LogP contribution < -0.4 is 9.47 Å². The van der Waals surface area contributed by atoms with E-state index in [0.717, 1.165) is 48.7 Å². The van der Waals surface area contributed by atoms with Crippen LogP contribution in [-0.4, -0.2) is 40.6 Å². The van der Waals surface area contributed by atoms with Crippen LogP contribution in [0.1, 0.15) is 16.8 Å². The van der Waals surface area contributed by atoms with E-state index in [-0.39, 0.29) is 0 Å². The van der Waals surface area contributed by atoms with Gasteiger partial charge < -0.3 is 9.47 Å². The Labute approximate surface area is 158 Å². The Kier molecular flexibility index (Phi) is 4.98. The van der Waals surface area contributed by atoms with Gasteiger partial charge in [0, 0.05) is 43.0 Å². The van der Waals surface area contributed by atoms with E-state index in [1.165, 1.54) is 5.56 Å². The average molecular weight is 362 g/mol. The standard InChI is InChI=1S/C21H22N4O2/c1-26-19-9-8-17(21(24-19)27-2)13-25-11-10-16-12-22-20(23-18(16)14-25)15-6-4-3-5-7-15/h3-9,12H,10-11,13-14H2,1-2H3. The first kappa shape index (κ1) is 17.4. The average Bonchev–Trinajstić information content (AvgIpc) is 2.74. The van der Waals surface area contributed by atoms with Gasteiger partial charge in [0.15, 0.2) is 5.82 Å². The molecule has 0 radical (unpaired) electrons. The number of hydrogen-bond donors (Lipinski definition) is 0. The summed E-state index contributed by atoms with van der Waals surface area (Å²) in [7, 11) is 3.24. The van der Waals surface area contributed by atoms with Crippen molar-refractivity contribution in [3.05, 3.63) is 65.5 Å². The van der Waals surface area contributed by atoms with Crippen molar-refractivity contribution in [1.29, 1.82) is 0 Å². The molecule has 0 bridgehead atoms. The van der Waals surface area contributed by atoms with Crippen molar-refractivity contribution in [3.8, 4) is 23.1 Å². The zero-order valence-corrected chi connectivity index (χ0v) is 15.6. The summed E-state index contributed by atoms with van der Waals surface area (Å²) in [6.07, 6.45) is 2.91. The summed E-state index contributed by atoms with van der Waals surface area (Å²) in [6, 6.07) is 14.0. The van der Waals surface area contributed by atoms with Crippen molar-refractivity contribution in [2.75, 3.05) is 20.8 Å². The number of nitrogens with zero attached hydrogens (tertiary/aromatic N) is 4. The number of methoxy groups -OCH3 is 2. The minimum atomic E-state index is 0.555. The molecule has 0 saturated heterocycles. The topological polar surface area (TPSA) is 60.4 Å². The van der Waals surface area contributed by atoms with E-state index in [4.69, 9.17) is 14.5 Å². The highest BCUT2D eigenvalue weighted by molar-refractivity contribution is 5.54. The number of aromatic nitrogens is 3. The van der Waals surface area contributed by atoms with Gasteiger partial charge in [-0.3, -0.25) is 4.90 Å². The fourth-order valence-electron chi connectivity index (χ4n) is 3.32. The molecule has 0 amide bonds. The Hall–Kier alpha value is -2.99. The molecule has 1 aliphatic rings. The predicted octanol–water partition coefficient (Wildman–Crippen LogP) is 3.11. The first-order chi connectivity index (χ1) is 13.3. The lowest BCUT2D eigenvalue weighted by Crippen LogP contribution is -2.31. The van der Waals surface area contributed by atoms with Crippen LogP contribution in [0.25, 0.3) is 11.4 Å². The molecule has 4 rings (SSSR count). The summed E-state index contributed by atoms with van der Waals surface area (Å²) in [6.45, 7) is 2.49. The third kappa shape index (κ3) is 3.75. The fraction of sp³-hybridized carbons (Fsp3) is 0.286. The molecule has 0 N–H and O–H groups in total. The van der Waals surface area contributed by atoms with Crippen molar-refractivity contribution in [1.82, 2.24) is 19.9 Å². The molecule has 3 aromatic rings. The number of fused-ring (bicyclic) bond motifs is 1. The van der Waals surface area contributed by atoms with Crippen molar-refractivity contribution >= 4 is 0 Å². The van der Waals surface area contributed by atoms with Gasteiger partial charge in [-0.1, -0.05) is 30.3 Å². The van der Waals surface area contributed by atoms with Crippen LogP contribution in [0, 0.1) is 0 Å². The number of benzene rings is 1. The molecule has 6 heteroatoms. The van der Waals surface area contributed by atoms with Crippen molar-refractivity contribution in [2.45, 2.75) is 19.5 Å². The summed E-state index contributed by atoms with van der Waals surface area (Å²) < 4.78 is 10.6. The maximum Gasteiger partial charge on any atom is 0.220 e. The van der Waals surface area contributed by atoms with Gasteiger partial charge in [-0.2, -0.15) is 4.98 Å². The SMILES string of the molecule is COc1ccc(CN2CCc3cnc(-c4ccccc4)nc3C2)c(OC)n1. The molecule has 1 aliphatic heterocycles. The lowest BCUT2D eigenvalue weighted by Gasteiger charge is -2.28. The largest absolute Gasteiger partial charge is 0.481 e. The molecule has 1 aromatic carbocycles. The molecule has 0 atom stereocenters. The molecular formula is C21H22N4O2. The number of hydrogen-bond acceptors (Lipinski definition) is 6. The highest BCUT2D eigenvalue weighted by Gasteiger charge is 2.20. The Balaban J connectivity index is 1.54. The smallest absolute Gasteiger partial charge is 0.220 e. The normalized spacial score (nSPS) is 13.9. The Morgan fingerprint density at radius 3 is 2.63 bits per heavy atom. The molecule has 27 heavy (non-hydrogen) atoms. The van der Waals surface area contributed by atoms with E-state index in [2.05, 4.69) is 14.9 Å². The molecule has 138 valence electrons. The molecule has 3 heterocycles. The van der Waals surface area contributed by atoms with E-state index in [1.807, 2.05) is 48.7 Å². The quantitative estimate of drug-likeness (QED) is 0.695. The van der Waals surface area contributed by atoms with Crippen LogP contribution >= 0.6 is 0 Å². The Morgan fingerprint density at radius 1 is 1.00 bits per heavy atom. The van der Waals surface area contributed by atoms with Crippen LogP contribution in [0.4, 0.5) is 0 Å². The third-order valence-corrected chi connectivity index (χ3v) is 4.77. The second-order valence-electron chi connectivity index (χ2n) is 6.51. The molecule has 0 spiro atoms. The van der Waals surface area contributed by atoms with E-state index < -0.39 is 0 Å². The lowest BCUT2D eigenvalue weighted by atomic mass is 10.1. The lowest BCUT2D eigenvalue weighted by molar-refractivity contribution is 0.236. The first-order valence-electron chi connectivity index (χ1n) is 8.97. The number of rotatable bonds is 5. The van der Waals surface area contributed by atoms with Crippen LogP contribution in [0.5, 0.6) is 11.8 Å². The number of pyridine rings is 1. The van der Waals surface area contributed by atoms with Crippen molar-refractivity contribution in [3.63, 3.8) is 0 Å². The van der Waals surface area contributed by atoms with Gasteiger partial charge in [0.1, 0.15) is 0 Å². The molecule has 6 nitrogen and oxygen atoms in total. The summed E-state index contributed by atoms with van der Waals surface area (Å²) in [5, 5.41) is 0. The van der Waals surface area contributed by atoms with E-state index >= 15 is 0 Å². The molecule has 2 aromatic heterocycles. The molecule has 0 saturated carbocycles. The van der Waals surface area contributed by atoms with Crippen LogP contribution in [0.3, 0.4) is 0 Å². The highest BCUT2D eigenvalue weighted by atomic mass is 16.5. The number of ether oxygens (including phenoxy) is 2. The van der Waals surface area contributed by atoms with Gasteiger partial charge in [0.2, 0.25) is 11.8 Å². The summed E-state index contributed by atoms with van der Waals surface area (Å²) in [4.78, 5) is 16.1. The maximum atomic E-state index is 5.43. The second-order valence-corrected chi connectivity index (χ2v) is 6.51. The third-order valence-electron chi connectivity index (χ3n) is 4.77. The Morgan fingerprint density at radius 2 is 1.85 bits per heavy atom. The predicted molar refractivity (Wildman–Crippen MR) is 103 cm³/mol. The van der Waals surface area contributed by atoms with Crippen LogP contribution in [0.2, 0.25) is 0 Å².